The van der Waals surface area contributed by atoms with Gasteiger partial charge in [0.05, 0.1) is 29.2 Å². The van der Waals surface area contributed by atoms with Crippen molar-refractivity contribution in [2.75, 3.05) is 26.7 Å². The second-order valence-corrected chi connectivity index (χ2v) is 12.6. The van der Waals surface area contributed by atoms with E-state index in [0.717, 1.165) is 0 Å². The highest BCUT2D eigenvalue weighted by Gasteiger charge is 2.74. The van der Waals surface area contributed by atoms with Crippen molar-refractivity contribution < 1.29 is 19.5 Å². The van der Waals surface area contributed by atoms with Crippen molar-refractivity contribution in [1.82, 2.24) is 14.7 Å². The Labute approximate surface area is 201 Å². The largest absolute Gasteiger partial charge is 0.394 e. The predicted molar refractivity (Wildman–Crippen MR) is 129 cm³/mol. The molecule has 1 unspecified atom stereocenters. The van der Waals surface area contributed by atoms with Crippen molar-refractivity contribution in [3.05, 3.63) is 24.3 Å². The minimum absolute atomic E-state index is 0.0221. The van der Waals surface area contributed by atoms with Crippen LogP contribution in [0.4, 0.5) is 0 Å². The van der Waals surface area contributed by atoms with Crippen LogP contribution in [0.3, 0.4) is 0 Å². The van der Waals surface area contributed by atoms with Gasteiger partial charge in [-0.15, -0.1) is 11.8 Å². The zero-order valence-corrected chi connectivity index (χ0v) is 21.3. The predicted octanol–water partition coefficient (Wildman–Crippen LogP) is 1.92. The molecule has 0 bridgehead atoms. The monoisotopic (exact) mass is 475 g/mol. The number of likely N-dealkylation sites (tertiary alicyclic amines) is 1. The quantitative estimate of drug-likeness (QED) is 0.615. The Morgan fingerprint density at radius 2 is 1.70 bits per heavy atom. The van der Waals surface area contributed by atoms with E-state index < -0.39 is 33.4 Å². The van der Waals surface area contributed by atoms with E-state index >= 15 is 0 Å². The van der Waals surface area contributed by atoms with Gasteiger partial charge in [0.25, 0.3) is 0 Å². The fourth-order valence-electron chi connectivity index (χ4n) is 6.28. The number of hydrogen-bond donors (Lipinski definition) is 1. The standard InChI is InChI=1S/C25H37N3O4S/c1-15(2)13-17(14-29)28-20-23(32)27(16(3)4)12-8-10-25(20)19(22(28)31)18-21(30)26(6)11-7-9-24(18,5)33-25/h7-10,15-20,29H,11-14H2,1-6H3/t17-,18+,19+,20?,24-,25+/m1/s1. The van der Waals surface area contributed by atoms with Gasteiger partial charge in [0.2, 0.25) is 17.7 Å². The van der Waals surface area contributed by atoms with E-state index in [1.54, 1.807) is 28.6 Å². The Bertz CT molecular complexity index is 902. The molecule has 4 rings (SSSR count). The maximum absolute atomic E-state index is 14.2. The SMILES string of the molecule is CC(C)C[C@H](CO)N1C(=O)[C@@H]2[C@H]3C(=O)N(C)CC=C[C@@]3(C)S[C@@]23C=CCN(C(C)C)C(=O)C13. The Balaban J connectivity index is 1.91. The number of amides is 3. The molecule has 6 atom stereocenters. The lowest BCUT2D eigenvalue weighted by Crippen LogP contribution is -2.57. The van der Waals surface area contributed by atoms with Gasteiger partial charge in [-0.1, -0.05) is 38.2 Å². The van der Waals surface area contributed by atoms with Crippen LogP contribution in [0, 0.1) is 17.8 Å². The van der Waals surface area contributed by atoms with Crippen LogP contribution in [0.25, 0.3) is 0 Å². The second-order valence-electron chi connectivity index (χ2n) is 10.8. The highest BCUT2D eigenvalue weighted by molar-refractivity contribution is 8.02. The lowest BCUT2D eigenvalue weighted by molar-refractivity contribution is -0.147. The van der Waals surface area contributed by atoms with Crippen molar-refractivity contribution in [3.8, 4) is 0 Å². The Morgan fingerprint density at radius 3 is 2.30 bits per heavy atom. The van der Waals surface area contributed by atoms with E-state index in [9.17, 15) is 19.5 Å². The molecular formula is C25H37N3O4S. The molecule has 4 heterocycles. The summed E-state index contributed by atoms with van der Waals surface area (Å²) in [7, 11) is 1.77. The van der Waals surface area contributed by atoms with Crippen LogP contribution in [0.2, 0.25) is 0 Å². The summed E-state index contributed by atoms with van der Waals surface area (Å²) in [5, 5.41) is 10.3. The van der Waals surface area contributed by atoms with Gasteiger partial charge in [-0.25, -0.2) is 0 Å². The van der Waals surface area contributed by atoms with Gasteiger partial charge < -0.3 is 19.8 Å². The van der Waals surface area contributed by atoms with Gasteiger partial charge in [-0.05, 0) is 33.1 Å². The summed E-state index contributed by atoms with van der Waals surface area (Å²) in [5.74, 6) is -1.29. The third kappa shape index (κ3) is 3.55. The molecule has 2 saturated heterocycles. The van der Waals surface area contributed by atoms with Gasteiger partial charge >= 0.3 is 0 Å². The molecule has 4 aliphatic rings. The molecule has 0 aliphatic carbocycles. The number of aliphatic hydroxyl groups is 1. The molecule has 4 aliphatic heterocycles. The average Bonchev–Trinajstić information content (AvgIpc) is 3.01. The van der Waals surface area contributed by atoms with Crippen molar-refractivity contribution in [2.24, 2.45) is 17.8 Å². The van der Waals surface area contributed by atoms with Gasteiger partial charge in [0.1, 0.15) is 6.04 Å². The van der Waals surface area contributed by atoms with E-state index in [1.807, 2.05) is 43.9 Å². The second kappa shape index (κ2) is 8.45. The van der Waals surface area contributed by atoms with Gasteiger partial charge in [-0.2, -0.15) is 0 Å². The van der Waals surface area contributed by atoms with E-state index in [1.165, 1.54) is 0 Å². The first-order valence-corrected chi connectivity index (χ1v) is 12.8. The fraction of sp³-hybridized carbons (Fsp3) is 0.720. The van der Waals surface area contributed by atoms with Crippen LogP contribution >= 0.6 is 11.8 Å². The maximum atomic E-state index is 14.2. The highest BCUT2D eigenvalue weighted by Crippen LogP contribution is 2.65. The summed E-state index contributed by atoms with van der Waals surface area (Å²) in [6.45, 7) is 10.9. The first-order valence-electron chi connectivity index (χ1n) is 12.0. The minimum atomic E-state index is -0.847. The highest BCUT2D eigenvalue weighted by atomic mass is 32.2. The number of fused-ring (bicyclic) bond motifs is 2. The molecule has 1 spiro atoms. The fourth-order valence-corrected chi connectivity index (χ4v) is 8.42. The molecule has 0 radical (unpaired) electrons. The number of rotatable bonds is 5. The molecule has 0 aromatic heterocycles. The number of hydrogen-bond acceptors (Lipinski definition) is 5. The van der Waals surface area contributed by atoms with Crippen molar-refractivity contribution >= 4 is 29.5 Å². The Kier molecular flexibility index (Phi) is 6.23. The van der Waals surface area contributed by atoms with E-state index in [0.29, 0.717) is 19.5 Å². The molecule has 182 valence electrons. The maximum Gasteiger partial charge on any atom is 0.247 e. The molecule has 2 fully saturated rings. The lowest BCUT2D eigenvalue weighted by atomic mass is 9.74. The van der Waals surface area contributed by atoms with E-state index in [-0.39, 0.29) is 36.3 Å². The third-order valence-electron chi connectivity index (χ3n) is 7.70. The Morgan fingerprint density at radius 1 is 1.03 bits per heavy atom. The molecule has 0 aromatic rings. The van der Waals surface area contributed by atoms with Crippen LogP contribution in [-0.4, -0.2) is 91.9 Å². The van der Waals surface area contributed by atoms with Gasteiger partial charge in [0.15, 0.2) is 0 Å². The van der Waals surface area contributed by atoms with Crippen LogP contribution in [0.5, 0.6) is 0 Å². The van der Waals surface area contributed by atoms with Crippen LogP contribution < -0.4 is 0 Å². The van der Waals surface area contributed by atoms with Crippen molar-refractivity contribution in [3.63, 3.8) is 0 Å². The summed E-state index contributed by atoms with van der Waals surface area (Å²) in [4.78, 5) is 47.0. The number of likely N-dealkylation sites (N-methyl/N-ethyl adjacent to an activating group) is 1. The number of thioether (sulfide) groups is 1. The van der Waals surface area contributed by atoms with Gasteiger partial charge in [-0.3, -0.25) is 14.4 Å². The van der Waals surface area contributed by atoms with Crippen molar-refractivity contribution in [2.45, 2.75) is 68.7 Å². The zero-order chi connectivity index (χ0) is 24.3. The number of aliphatic hydroxyl groups excluding tert-OH is 1. The molecule has 1 N–H and O–H groups in total. The molecule has 3 amide bonds. The summed E-state index contributed by atoms with van der Waals surface area (Å²) >= 11 is 1.59. The minimum Gasteiger partial charge on any atom is -0.394 e. The molecule has 0 aromatic carbocycles. The molecule has 8 heteroatoms. The lowest BCUT2D eigenvalue weighted by Gasteiger charge is -2.40. The molecular weight excluding hydrogens is 438 g/mol. The van der Waals surface area contributed by atoms with Crippen molar-refractivity contribution in [1.29, 1.82) is 0 Å². The molecule has 7 nitrogen and oxygen atoms in total. The van der Waals surface area contributed by atoms with Crippen LogP contribution in [-0.2, 0) is 14.4 Å². The average molecular weight is 476 g/mol. The summed E-state index contributed by atoms with van der Waals surface area (Å²) in [6.07, 6.45) is 8.69. The first-order chi connectivity index (χ1) is 15.5. The molecule has 33 heavy (non-hydrogen) atoms. The summed E-state index contributed by atoms with van der Waals surface area (Å²) < 4.78 is -1.43. The number of carbonyl (C=O) groups excluding carboxylic acids is 3. The van der Waals surface area contributed by atoms with Gasteiger partial charge in [0, 0.05) is 30.9 Å². The van der Waals surface area contributed by atoms with E-state index in [2.05, 4.69) is 19.9 Å². The Hall–Kier alpha value is -1.80. The third-order valence-corrected chi connectivity index (χ3v) is 9.50. The summed E-state index contributed by atoms with van der Waals surface area (Å²) in [5.41, 5.74) is 0. The molecule has 0 saturated carbocycles. The smallest absolute Gasteiger partial charge is 0.247 e. The van der Waals surface area contributed by atoms with E-state index in [4.69, 9.17) is 0 Å². The number of nitrogens with zero attached hydrogens (tertiary/aromatic N) is 3. The number of carbonyl (C=O) groups is 3. The van der Waals surface area contributed by atoms with Crippen LogP contribution in [0.1, 0.15) is 41.0 Å². The van der Waals surface area contributed by atoms with Crippen LogP contribution in [0.15, 0.2) is 24.3 Å². The zero-order valence-electron chi connectivity index (χ0n) is 20.5. The normalized spacial score (nSPS) is 36.9. The first kappa shape index (κ1) is 24.3. The topological polar surface area (TPSA) is 81.2 Å². The summed E-state index contributed by atoms with van der Waals surface area (Å²) in [6, 6.07) is -1.23.